The van der Waals surface area contributed by atoms with E-state index in [1.807, 2.05) is 25.8 Å². The summed E-state index contributed by atoms with van der Waals surface area (Å²) in [5.74, 6) is -3.18. The fraction of sp³-hybridized carbons (Fsp3) is 0.478. The van der Waals surface area contributed by atoms with Crippen LogP contribution >= 0.6 is 11.9 Å². The Morgan fingerprint density at radius 2 is 2.15 bits per heavy atom. The number of benzene rings is 1. The number of aliphatic imine (C=N–C) groups is 1. The zero-order valence-electron chi connectivity index (χ0n) is 19.2. The summed E-state index contributed by atoms with van der Waals surface area (Å²) in [6.07, 6.45) is 3.91. The molecular formula is C23H27F3N6OS. The second-order valence-electron chi connectivity index (χ2n) is 9.05. The first-order chi connectivity index (χ1) is 16.1. The van der Waals surface area contributed by atoms with Crippen LogP contribution in [0.25, 0.3) is 0 Å². The van der Waals surface area contributed by atoms with Crippen LogP contribution in [0.2, 0.25) is 0 Å². The summed E-state index contributed by atoms with van der Waals surface area (Å²) in [4.78, 5) is 26.1. The Morgan fingerprint density at radius 3 is 2.71 bits per heavy atom. The molecule has 182 valence electrons. The van der Waals surface area contributed by atoms with Crippen LogP contribution in [0.5, 0.6) is 0 Å². The number of alkyl halides is 2. The van der Waals surface area contributed by atoms with Gasteiger partial charge in [-0.1, -0.05) is 24.4 Å². The third-order valence-corrected chi connectivity index (χ3v) is 7.72. The topological polar surface area (TPSA) is 96.5 Å². The molecule has 0 aliphatic heterocycles. The molecule has 2 saturated carbocycles. The molecule has 1 atom stereocenters. The maximum Gasteiger partial charge on any atom is 0.258 e. The molecule has 3 N–H and O–H groups in total. The van der Waals surface area contributed by atoms with Gasteiger partial charge in [-0.15, -0.1) is 0 Å². The second-order valence-corrected chi connectivity index (χ2v) is 9.88. The normalized spacial score (nSPS) is 20.2. The number of aldehydes is 1. The minimum absolute atomic E-state index is 0.00516. The minimum atomic E-state index is -2.62. The zero-order valence-corrected chi connectivity index (χ0v) is 20.0. The molecule has 0 radical (unpaired) electrons. The summed E-state index contributed by atoms with van der Waals surface area (Å²) >= 11 is 1.07. The van der Waals surface area contributed by atoms with Crippen molar-refractivity contribution in [3.05, 3.63) is 35.8 Å². The van der Waals surface area contributed by atoms with Crippen LogP contribution in [-0.4, -0.2) is 46.7 Å². The van der Waals surface area contributed by atoms with Crippen molar-refractivity contribution in [2.75, 3.05) is 28.2 Å². The first-order valence-electron chi connectivity index (χ1n) is 11.1. The number of nitrogens with one attached hydrogen (secondary N) is 1. The molecule has 1 spiro atoms. The number of nitrogen functional groups attached to an aromatic ring is 1. The number of nitrogens with two attached hydrogens (primary N) is 1. The summed E-state index contributed by atoms with van der Waals surface area (Å²) in [5.41, 5.74) is 5.62. The van der Waals surface area contributed by atoms with Gasteiger partial charge in [-0.05, 0) is 38.8 Å². The third kappa shape index (κ3) is 4.21. The van der Waals surface area contributed by atoms with Crippen molar-refractivity contribution in [2.24, 2.45) is 16.3 Å². The molecule has 2 aliphatic carbocycles. The van der Waals surface area contributed by atoms with Crippen molar-refractivity contribution >= 4 is 47.1 Å². The molecule has 4 rings (SSSR count). The summed E-state index contributed by atoms with van der Waals surface area (Å²) in [5, 5.41) is 0. The van der Waals surface area contributed by atoms with E-state index in [1.165, 1.54) is 18.3 Å². The van der Waals surface area contributed by atoms with Crippen LogP contribution in [0.3, 0.4) is 0 Å². The number of carbonyl (C=O) groups is 1. The lowest BCUT2D eigenvalue weighted by Gasteiger charge is -2.26. The average Bonchev–Trinajstić information content (AvgIpc) is 3.28. The molecule has 1 aromatic heterocycles. The number of hydrogen-bond donors (Lipinski definition) is 2. The van der Waals surface area contributed by atoms with Gasteiger partial charge < -0.3 is 15.4 Å². The molecule has 34 heavy (non-hydrogen) atoms. The van der Waals surface area contributed by atoms with E-state index in [9.17, 15) is 18.0 Å². The number of carbonyl (C=O) groups excluding carboxylic acids is 1. The van der Waals surface area contributed by atoms with Crippen LogP contribution < -0.4 is 15.4 Å². The fourth-order valence-corrected chi connectivity index (χ4v) is 5.41. The summed E-state index contributed by atoms with van der Waals surface area (Å²) < 4.78 is 45.6. The van der Waals surface area contributed by atoms with E-state index in [0.717, 1.165) is 18.4 Å². The second kappa shape index (κ2) is 9.09. The molecule has 2 aliphatic rings. The zero-order chi connectivity index (χ0) is 24.7. The molecule has 2 aromatic rings. The number of aromatic nitrogens is 2. The quantitative estimate of drug-likeness (QED) is 0.293. The molecule has 2 fully saturated rings. The Kier molecular flexibility index (Phi) is 6.50. The van der Waals surface area contributed by atoms with Gasteiger partial charge in [0.15, 0.2) is 12.1 Å². The summed E-state index contributed by atoms with van der Waals surface area (Å²) in [6.45, 7) is 3.92. The van der Waals surface area contributed by atoms with E-state index in [1.54, 1.807) is 6.07 Å². The van der Waals surface area contributed by atoms with Crippen molar-refractivity contribution < 1.29 is 18.0 Å². The van der Waals surface area contributed by atoms with Crippen LogP contribution in [0, 0.1) is 17.2 Å². The number of hydrogen-bond acceptors (Lipinski definition) is 8. The van der Waals surface area contributed by atoms with Crippen LogP contribution in [0.15, 0.2) is 29.4 Å². The number of anilines is 3. The molecule has 7 nitrogen and oxygen atoms in total. The summed E-state index contributed by atoms with van der Waals surface area (Å²) in [7, 11) is 1.81. The monoisotopic (exact) mass is 492 g/mol. The molecule has 0 amide bonds. The van der Waals surface area contributed by atoms with Gasteiger partial charge >= 0.3 is 0 Å². The highest BCUT2D eigenvalue weighted by atomic mass is 32.2. The predicted molar refractivity (Wildman–Crippen MR) is 129 cm³/mol. The van der Waals surface area contributed by atoms with E-state index < -0.39 is 23.1 Å². The Balaban J connectivity index is 1.48. The molecule has 0 bridgehead atoms. The van der Waals surface area contributed by atoms with Gasteiger partial charge in [0.05, 0.1) is 11.9 Å². The van der Waals surface area contributed by atoms with Gasteiger partial charge in [-0.25, -0.2) is 23.1 Å². The Morgan fingerprint density at radius 1 is 1.41 bits per heavy atom. The van der Waals surface area contributed by atoms with Crippen molar-refractivity contribution in [1.82, 2.24) is 9.97 Å². The van der Waals surface area contributed by atoms with Crippen molar-refractivity contribution in [3.63, 3.8) is 0 Å². The largest absolute Gasteiger partial charge is 0.368 e. The van der Waals surface area contributed by atoms with E-state index in [4.69, 9.17) is 5.73 Å². The molecule has 1 heterocycles. The third-order valence-electron chi connectivity index (χ3n) is 6.86. The Hall–Kier alpha value is -2.82. The SMILES string of the molecule is CC(C)N(C)c1nc(N)ncc1N=C(C=O)c1ccc(NSCC2C(F)(F)C23CCC3)c(F)c1. The molecule has 1 aromatic carbocycles. The lowest BCUT2D eigenvalue weighted by Crippen LogP contribution is -2.27. The highest BCUT2D eigenvalue weighted by molar-refractivity contribution is 8.00. The number of rotatable bonds is 9. The number of nitrogens with zero attached hydrogens (tertiary/aromatic N) is 4. The lowest BCUT2D eigenvalue weighted by atomic mass is 9.79. The van der Waals surface area contributed by atoms with E-state index >= 15 is 0 Å². The Bertz CT molecular complexity index is 1120. The highest BCUT2D eigenvalue weighted by Crippen LogP contribution is 2.75. The van der Waals surface area contributed by atoms with Gasteiger partial charge in [0.1, 0.15) is 17.2 Å². The van der Waals surface area contributed by atoms with Crippen LogP contribution in [-0.2, 0) is 4.79 Å². The Labute approximate surface area is 200 Å². The van der Waals surface area contributed by atoms with Gasteiger partial charge in [0.25, 0.3) is 5.92 Å². The predicted octanol–water partition coefficient (Wildman–Crippen LogP) is 4.86. The van der Waals surface area contributed by atoms with Crippen LogP contribution in [0.4, 0.5) is 36.3 Å². The van der Waals surface area contributed by atoms with E-state index in [2.05, 4.69) is 19.7 Å². The van der Waals surface area contributed by atoms with Gasteiger partial charge in [-0.3, -0.25) is 4.79 Å². The maximum atomic E-state index is 14.7. The van der Waals surface area contributed by atoms with Gasteiger partial charge in [0, 0.05) is 35.7 Å². The number of halogens is 3. The standard InChI is InChI=1S/C23H27F3N6OS/c1-13(2)32(3)20-17(10-28-21(27)30-20)29-18(11-33)14-5-6-16(15(24)9-14)31-34-12-19-22(7-4-8-22)23(19,25)26/h5-6,9-11,13,19,31H,4,7-8,12H2,1-3H3,(H2,27,28,30). The van der Waals surface area contributed by atoms with Crippen LogP contribution in [0.1, 0.15) is 38.7 Å². The van der Waals surface area contributed by atoms with Crippen molar-refractivity contribution in [3.8, 4) is 0 Å². The fourth-order valence-electron chi connectivity index (χ4n) is 4.31. The first kappa shape index (κ1) is 24.3. The van der Waals surface area contributed by atoms with Gasteiger partial charge in [-0.2, -0.15) is 4.98 Å². The van der Waals surface area contributed by atoms with E-state index in [0.29, 0.717) is 30.6 Å². The smallest absolute Gasteiger partial charge is 0.258 e. The summed E-state index contributed by atoms with van der Waals surface area (Å²) in [6, 6.07) is 4.27. The highest BCUT2D eigenvalue weighted by Gasteiger charge is 2.81. The minimum Gasteiger partial charge on any atom is -0.368 e. The lowest BCUT2D eigenvalue weighted by molar-refractivity contribution is -0.102. The van der Waals surface area contributed by atoms with Gasteiger partial charge in [0.2, 0.25) is 5.95 Å². The van der Waals surface area contributed by atoms with Crippen molar-refractivity contribution in [2.45, 2.75) is 45.1 Å². The molecule has 11 heteroatoms. The van der Waals surface area contributed by atoms with E-state index in [-0.39, 0.29) is 34.7 Å². The first-order valence-corrected chi connectivity index (χ1v) is 12.0. The average molecular weight is 493 g/mol. The van der Waals surface area contributed by atoms with Crippen molar-refractivity contribution in [1.29, 1.82) is 0 Å². The maximum absolute atomic E-state index is 14.7. The molecule has 0 saturated heterocycles. The molecular weight excluding hydrogens is 465 g/mol. The molecule has 1 unspecified atom stereocenters.